The predicted octanol–water partition coefficient (Wildman–Crippen LogP) is 2.56. The summed E-state index contributed by atoms with van der Waals surface area (Å²) in [5.41, 5.74) is 5.33. The molecule has 0 aliphatic rings. The van der Waals surface area contributed by atoms with Crippen molar-refractivity contribution < 1.29 is 22.4 Å². The maximum absolute atomic E-state index is 13.3. The van der Waals surface area contributed by atoms with Crippen LogP contribution in [0, 0.1) is 0 Å². The smallest absolute Gasteiger partial charge is 0.246 e. The van der Waals surface area contributed by atoms with Crippen molar-refractivity contribution in [3.05, 3.63) is 59.9 Å². The van der Waals surface area contributed by atoms with Crippen LogP contribution >= 0.6 is 11.6 Å². The lowest BCUT2D eigenvalue weighted by Crippen LogP contribution is -2.40. The van der Waals surface area contributed by atoms with Crippen molar-refractivity contribution in [2.45, 2.75) is 6.92 Å². The highest BCUT2D eigenvalue weighted by atomic mass is 35.5. The molecule has 0 saturated heterocycles. The lowest BCUT2D eigenvalue weighted by Gasteiger charge is -2.18. The van der Waals surface area contributed by atoms with Gasteiger partial charge in [0, 0.05) is 18.8 Å². The Morgan fingerprint density at radius 1 is 1.56 bits per heavy atom. The van der Waals surface area contributed by atoms with Crippen LogP contribution in [0.4, 0.5) is 4.39 Å². The van der Waals surface area contributed by atoms with Crippen LogP contribution in [0.3, 0.4) is 0 Å². The number of rotatable bonds is 9. The second-order valence-electron chi connectivity index (χ2n) is 4.93. The second kappa shape index (κ2) is 10.5. The van der Waals surface area contributed by atoms with E-state index in [4.69, 9.17) is 26.9 Å². The topological polar surface area (TPSA) is 107 Å². The normalized spacial score (nSPS) is 13.3. The van der Waals surface area contributed by atoms with E-state index in [1.54, 1.807) is 6.92 Å². The van der Waals surface area contributed by atoms with Crippen molar-refractivity contribution in [3.63, 3.8) is 0 Å². The van der Waals surface area contributed by atoms with E-state index in [-0.39, 0.29) is 41.0 Å². The number of nitrogens with zero attached hydrogens (tertiary/aromatic N) is 3. The molecule has 0 amide bonds. The van der Waals surface area contributed by atoms with Crippen molar-refractivity contribution in [1.82, 2.24) is 9.29 Å². The van der Waals surface area contributed by atoms with Crippen molar-refractivity contribution in [2.24, 2.45) is 10.9 Å². The fourth-order valence-corrected chi connectivity index (χ4v) is 2.84. The third kappa shape index (κ3) is 6.91. The van der Waals surface area contributed by atoms with Gasteiger partial charge in [-0.3, -0.25) is 4.98 Å². The van der Waals surface area contributed by atoms with Crippen LogP contribution in [0.2, 0.25) is 5.02 Å². The van der Waals surface area contributed by atoms with E-state index >= 15 is 0 Å². The first-order valence-electron chi connectivity index (χ1n) is 7.58. The third-order valence-corrected chi connectivity index (χ3v) is 5.04. The Hall–Kier alpha value is -2.59. The molecule has 0 aromatic carbocycles. The molecule has 1 rings (SSSR count). The third-order valence-electron chi connectivity index (χ3n) is 3.01. The lowest BCUT2D eigenvalue weighted by molar-refractivity contribution is 0.155. The van der Waals surface area contributed by atoms with E-state index in [2.05, 4.69) is 16.7 Å². The fourth-order valence-electron chi connectivity index (χ4n) is 1.62. The summed E-state index contributed by atoms with van der Waals surface area (Å²) in [6.45, 7) is 5.42. The average molecular weight is 419 g/mol. The average Bonchev–Trinajstić information content (AvgIpc) is 2.65. The van der Waals surface area contributed by atoms with Gasteiger partial charge in [0.25, 0.3) is 0 Å². The molecule has 1 aromatic heterocycles. The number of ether oxygens (including phenoxy) is 1. The highest BCUT2D eigenvalue weighted by Crippen LogP contribution is 2.24. The number of halogens is 2. The molecular weight excluding hydrogens is 399 g/mol. The molecule has 1 heterocycles. The first kappa shape index (κ1) is 22.5. The Labute approximate surface area is 162 Å². The number of allylic oxidation sites excluding steroid dienone is 2. The van der Waals surface area contributed by atoms with Crippen LogP contribution in [0.15, 0.2) is 60.0 Å². The summed E-state index contributed by atoms with van der Waals surface area (Å²) in [6.07, 6.45) is 5.40. The summed E-state index contributed by atoms with van der Waals surface area (Å²) in [4.78, 5) is 8.56. The standard InChI is InChI=1S/C16H20ClFN4O4S/c1-4-13(26-15-10-20-7-6-14(15)17)8-12(9-18)11-27(23,24)22(3)16(19)21-25-5-2/h4,6-10H,1,5,11H2,2-3H3,(H2,19,21)/b12-9-,13-8+. The highest BCUT2D eigenvalue weighted by molar-refractivity contribution is 7.89. The van der Waals surface area contributed by atoms with Crippen molar-refractivity contribution >= 4 is 27.6 Å². The summed E-state index contributed by atoms with van der Waals surface area (Å²) in [7, 11) is -2.85. The van der Waals surface area contributed by atoms with Gasteiger partial charge in [-0.2, -0.15) is 0 Å². The maximum Gasteiger partial charge on any atom is 0.246 e. The predicted molar refractivity (Wildman–Crippen MR) is 102 cm³/mol. The number of oxime groups is 1. The Bertz CT molecular complexity index is 856. The van der Waals surface area contributed by atoms with Gasteiger partial charge in [-0.15, -0.1) is 0 Å². The molecule has 0 radical (unpaired) electrons. The molecule has 0 spiro atoms. The second-order valence-corrected chi connectivity index (χ2v) is 7.34. The fraction of sp³-hybridized carbons (Fsp3) is 0.250. The van der Waals surface area contributed by atoms with Crippen LogP contribution < -0.4 is 10.5 Å². The van der Waals surface area contributed by atoms with Crippen LogP contribution in [-0.2, 0) is 14.9 Å². The van der Waals surface area contributed by atoms with Crippen molar-refractivity contribution in [2.75, 3.05) is 19.4 Å². The summed E-state index contributed by atoms with van der Waals surface area (Å²) in [5.74, 6) is -0.815. The number of sulfonamides is 1. The molecule has 148 valence electrons. The largest absolute Gasteiger partial charge is 0.454 e. The zero-order chi connectivity index (χ0) is 20.4. The number of pyridine rings is 1. The molecule has 0 aliphatic carbocycles. The highest BCUT2D eigenvalue weighted by Gasteiger charge is 2.22. The zero-order valence-corrected chi connectivity index (χ0v) is 16.4. The minimum absolute atomic E-state index is 0.0719. The van der Waals surface area contributed by atoms with Gasteiger partial charge in [-0.25, -0.2) is 17.1 Å². The SMILES string of the molecule is C=C/C(=C\C(=C\F)CS(=O)(=O)N(C)C(N)=NOCC)Oc1cnccc1Cl. The number of hydrogen-bond donors (Lipinski definition) is 1. The van der Waals surface area contributed by atoms with E-state index in [0.717, 1.165) is 6.08 Å². The van der Waals surface area contributed by atoms with Gasteiger partial charge in [-0.05, 0) is 30.3 Å². The summed E-state index contributed by atoms with van der Waals surface area (Å²) < 4.78 is 44.1. The van der Waals surface area contributed by atoms with Gasteiger partial charge < -0.3 is 15.3 Å². The Morgan fingerprint density at radius 3 is 2.81 bits per heavy atom. The van der Waals surface area contributed by atoms with Gasteiger partial charge in [0.15, 0.2) is 5.75 Å². The molecule has 8 nitrogen and oxygen atoms in total. The molecule has 27 heavy (non-hydrogen) atoms. The molecule has 2 N–H and O–H groups in total. The molecule has 0 fully saturated rings. The van der Waals surface area contributed by atoms with E-state index < -0.39 is 15.8 Å². The van der Waals surface area contributed by atoms with Crippen LogP contribution in [0.5, 0.6) is 5.75 Å². The molecule has 0 bridgehead atoms. The lowest BCUT2D eigenvalue weighted by atomic mass is 10.3. The number of nitrogens with two attached hydrogens (primary N) is 1. The van der Waals surface area contributed by atoms with Crippen LogP contribution in [0.25, 0.3) is 0 Å². The minimum Gasteiger partial charge on any atom is -0.454 e. The van der Waals surface area contributed by atoms with E-state index in [1.165, 1.54) is 31.6 Å². The number of hydrogen-bond acceptors (Lipinski definition) is 6. The first-order chi connectivity index (χ1) is 12.7. The number of guanidine groups is 1. The Balaban J connectivity index is 3.01. The molecule has 0 saturated carbocycles. The van der Waals surface area contributed by atoms with Crippen LogP contribution in [-0.4, -0.2) is 43.1 Å². The van der Waals surface area contributed by atoms with E-state index in [0.29, 0.717) is 4.31 Å². The van der Waals surface area contributed by atoms with Gasteiger partial charge in [0.2, 0.25) is 16.0 Å². The zero-order valence-electron chi connectivity index (χ0n) is 14.8. The molecule has 0 aliphatic heterocycles. The quantitative estimate of drug-likeness (QED) is 0.217. The molecule has 0 unspecified atom stereocenters. The molecule has 0 atom stereocenters. The van der Waals surface area contributed by atoms with Crippen LogP contribution in [0.1, 0.15) is 6.92 Å². The van der Waals surface area contributed by atoms with Crippen molar-refractivity contribution in [1.29, 1.82) is 0 Å². The van der Waals surface area contributed by atoms with Gasteiger partial charge in [0.1, 0.15) is 12.4 Å². The molecular formula is C16H20ClFN4O4S. The molecule has 11 heteroatoms. The van der Waals surface area contributed by atoms with Gasteiger partial charge in [-0.1, -0.05) is 18.2 Å². The van der Waals surface area contributed by atoms with E-state index in [9.17, 15) is 12.8 Å². The molecule has 1 aromatic rings. The monoisotopic (exact) mass is 418 g/mol. The van der Waals surface area contributed by atoms with E-state index in [1.807, 2.05) is 0 Å². The number of aromatic nitrogens is 1. The Kier molecular flexibility index (Phi) is 8.76. The minimum atomic E-state index is -4.02. The van der Waals surface area contributed by atoms with Crippen molar-refractivity contribution in [3.8, 4) is 5.75 Å². The van der Waals surface area contributed by atoms with Gasteiger partial charge in [0.05, 0.1) is 23.3 Å². The van der Waals surface area contributed by atoms with Gasteiger partial charge >= 0.3 is 0 Å². The first-order valence-corrected chi connectivity index (χ1v) is 9.56. The Morgan fingerprint density at radius 2 is 2.26 bits per heavy atom. The summed E-state index contributed by atoms with van der Waals surface area (Å²) in [6, 6.07) is 1.50. The maximum atomic E-state index is 13.3. The summed E-state index contributed by atoms with van der Waals surface area (Å²) >= 11 is 5.96. The summed E-state index contributed by atoms with van der Waals surface area (Å²) in [5, 5.41) is 3.71.